The monoisotopic (exact) mass is 371 g/mol. The molecule has 2 N–H and O–H groups in total. The molecule has 0 saturated heterocycles. The van der Waals surface area contributed by atoms with Gasteiger partial charge in [-0.2, -0.15) is 4.52 Å². The van der Waals surface area contributed by atoms with Gasteiger partial charge in [0.1, 0.15) is 5.82 Å². The first kappa shape index (κ1) is 18.4. The van der Waals surface area contributed by atoms with Gasteiger partial charge in [0.15, 0.2) is 23.0 Å². The number of hydrogen-bond donors (Lipinski definition) is 2. The number of rotatable bonds is 9. The van der Waals surface area contributed by atoms with E-state index < -0.39 is 5.97 Å². The summed E-state index contributed by atoms with van der Waals surface area (Å²) in [4.78, 5) is 10.8. The maximum absolute atomic E-state index is 10.8. The molecule has 1 aromatic carbocycles. The highest BCUT2D eigenvalue weighted by atomic mass is 16.5. The van der Waals surface area contributed by atoms with Crippen LogP contribution in [-0.4, -0.2) is 51.7 Å². The molecule has 0 aliphatic rings. The lowest BCUT2D eigenvalue weighted by Gasteiger charge is -2.10. The molecule has 2 heterocycles. The summed E-state index contributed by atoms with van der Waals surface area (Å²) in [5.74, 6) is 1.70. The zero-order valence-corrected chi connectivity index (χ0v) is 15.2. The fourth-order valence-electron chi connectivity index (χ4n) is 2.67. The van der Waals surface area contributed by atoms with Crippen LogP contribution in [0.5, 0.6) is 11.5 Å². The fraction of sp³-hybridized carbons (Fsp3) is 0.333. The van der Waals surface area contributed by atoms with Crippen molar-refractivity contribution in [3.05, 3.63) is 41.7 Å². The summed E-state index contributed by atoms with van der Waals surface area (Å²) in [5.41, 5.74) is 1.69. The van der Waals surface area contributed by atoms with E-state index in [9.17, 15) is 4.79 Å². The van der Waals surface area contributed by atoms with E-state index in [1.165, 1.54) is 0 Å². The molecule has 0 aliphatic heterocycles. The quantitative estimate of drug-likeness (QED) is 0.586. The fourth-order valence-corrected chi connectivity index (χ4v) is 2.67. The van der Waals surface area contributed by atoms with Crippen molar-refractivity contribution < 1.29 is 19.4 Å². The SMILES string of the molecule is COc1ccc(CCNc2ccc3nnc(CCC(=O)O)n3n2)cc1OC. The number of ether oxygens (including phenoxy) is 2. The number of nitrogens with zero attached hydrogens (tertiary/aromatic N) is 4. The molecule has 27 heavy (non-hydrogen) atoms. The Morgan fingerprint density at radius 1 is 1.11 bits per heavy atom. The Bertz CT molecular complexity index is 941. The molecule has 0 radical (unpaired) electrons. The Morgan fingerprint density at radius 3 is 2.67 bits per heavy atom. The van der Waals surface area contributed by atoms with Crippen LogP contribution in [0.3, 0.4) is 0 Å². The second-order valence-electron chi connectivity index (χ2n) is 5.86. The molecule has 0 atom stereocenters. The van der Waals surface area contributed by atoms with Gasteiger partial charge in [-0.25, -0.2) is 0 Å². The van der Waals surface area contributed by atoms with E-state index in [0.717, 1.165) is 12.0 Å². The number of hydrogen-bond acceptors (Lipinski definition) is 7. The number of anilines is 1. The second-order valence-corrected chi connectivity index (χ2v) is 5.86. The third-order valence-electron chi connectivity index (χ3n) is 4.06. The summed E-state index contributed by atoms with van der Waals surface area (Å²) >= 11 is 0. The molecule has 9 heteroatoms. The van der Waals surface area contributed by atoms with Gasteiger partial charge in [0, 0.05) is 13.0 Å². The standard InChI is InChI=1S/C18H21N5O4/c1-26-13-4-3-12(11-14(13)27-2)9-10-19-15-5-6-16-20-21-17(23(16)22-15)7-8-18(24)25/h3-6,11H,7-10H2,1-2H3,(H,19,22)(H,24,25). The van der Waals surface area contributed by atoms with Crippen LogP contribution in [0.4, 0.5) is 5.82 Å². The summed E-state index contributed by atoms with van der Waals surface area (Å²) in [6, 6.07) is 9.43. The van der Waals surface area contributed by atoms with E-state index in [0.29, 0.717) is 35.3 Å². The second kappa shape index (κ2) is 8.35. The van der Waals surface area contributed by atoms with Crippen molar-refractivity contribution in [3.63, 3.8) is 0 Å². The molecule has 0 spiro atoms. The van der Waals surface area contributed by atoms with Crippen molar-refractivity contribution >= 4 is 17.4 Å². The number of carbonyl (C=O) groups is 1. The maximum atomic E-state index is 10.8. The van der Waals surface area contributed by atoms with Gasteiger partial charge in [-0.15, -0.1) is 15.3 Å². The molecule has 9 nitrogen and oxygen atoms in total. The molecule has 0 saturated carbocycles. The van der Waals surface area contributed by atoms with E-state index >= 15 is 0 Å². The van der Waals surface area contributed by atoms with Crippen LogP contribution >= 0.6 is 0 Å². The van der Waals surface area contributed by atoms with Gasteiger partial charge >= 0.3 is 5.97 Å². The highest BCUT2D eigenvalue weighted by Crippen LogP contribution is 2.27. The summed E-state index contributed by atoms with van der Waals surface area (Å²) in [5, 5.41) is 24.5. The van der Waals surface area contributed by atoms with Crippen molar-refractivity contribution in [1.82, 2.24) is 19.8 Å². The molecule has 0 aliphatic carbocycles. The van der Waals surface area contributed by atoms with Gasteiger partial charge in [-0.3, -0.25) is 4.79 Å². The van der Waals surface area contributed by atoms with Crippen LogP contribution < -0.4 is 14.8 Å². The molecule has 0 bridgehead atoms. The first-order valence-corrected chi connectivity index (χ1v) is 8.48. The average molecular weight is 371 g/mol. The van der Waals surface area contributed by atoms with Crippen molar-refractivity contribution in [2.45, 2.75) is 19.3 Å². The summed E-state index contributed by atoms with van der Waals surface area (Å²) in [7, 11) is 3.22. The number of carboxylic acid groups (broad SMARTS) is 1. The van der Waals surface area contributed by atoms with Gasteiger partial charge in [0.2, 0.25) is 0 Å². The van der Waals surface area contributed by atoms with Crippen LogP contribution in [0.1, 0.15) is 17.8 Å². The molecule has 0 amide bonds. The van der Waals surface area contributed by atoms with E-state index in [-0.39, 0.29) is 12.8 Å². The van der Waals surface area contributed by atoms with E-state index in [1.807, 2.05) is 24.3 Å². The number of carboxylic acids is 1. The molecular formula is C18H21N5O4. The first-order valence-electron chi connectivity index (χ1n) is 8.48. The van der Waals surface area contributed by atoms with Gasteiger partial charge in [0.05, 0.1) is 20.6 Å². The zero-order valence-electron chi connectivity index (χ0n) is 15.2. The van der Waals surface area contributed by atoms with Crippen LogP contribution in [0.25, 0.3) is 5.65 Å². The van der Waals surface area contributed by atoms with Crippen molar-refractivity contribution in [1.29, 1.82) is 0 Å². The molecule has 3 aromatic rings. The van der Waals surface area contributed by atoms with Crippen molar-refractivity contribution in [3.8, 4) is 11.5 Å². The van der Waals surface area contributed by atoms with Crippen LogP contribution in [0.15, 0.2) is 30.3 Å². The summed E-state index contributed by atoms with van der Waals surface area (Å²) in [6.45, 7) is 0.667. The topological polar surface area (TPSA) is 111 Å². The minimum absolute atomic E-state index is 0.0145. The van der Waals surface area contributed by atoms with E-state index in [2.05, 4.69) is 20.6 Å². The lowest BCUT2D eigenvalue weighted by molar-refractivity contribution is -0.137. The number of aromatic nitrogens is 4. The largest absolute Gasteiger partial charge is 0.493 e. The number of methoxy groups -OCH3 is 2. The molecule has 142 valence electrons. The Kier molecular flexibility index (Phi) is 5.70. The Morgan fingerprint density at radius 2 is 1.93 bits per heavy atom. The van der Waals surface area contributed by atoms with Crippen LogP contribution in [-0.2, 0) is 17.6 Å². The van der Waals surface area contributed by atoms with E-state index in [1.54, 1.807) is 24.8 Å². The third kappa shape index (κ3) is 4.43. The Labute approximate surface area is 155 Å². The predicted molar refractivity (Wildman–Crippen MR) is 98.5 cm³/mol. The third-order valence-corrected chi connectivity index (χ3v) is 4.06. The van der Waals surface area contributed by atoms with Gasteiger partial charge < -0.3 is 19.9 Å². The summed E-state index contributed by atoms with van der Waals surface area (Å²) < 4.78 is 12.1. The van der Waals surface area contributed by atoms with E-state index in [4.69, 9.17) is 14.6 Å². The van der Waals surface area contributed by atoms with Crippen LogP contribution in [0, 0.1) is 0 Å². The smallest absolute Gasteiger partial charge is 0.303 e. The Hall–Kier alpha value is -3.36. The molecule has 0 unspecified atom stereocenters. The van der Waals surface area contributed by atoms with Crippen molar-refractivity contribution in [2.75, 3.05) is 26.1 Å². The molecule has 0 fully saturated rings. The maximum Gasteiger partial charge on any atom is 0.303 e. The van der Waals surface area contributed by atoms with Crippen LogP contribution in [0.2, 0.25) is 0 Å². The van der Waals surface area contributed by atoms with Crippen molar-refractivity contribution in [2.24, 2.45) is 0 Å². The average Bonchev–Trinajstić information content (AvgIpc) is 3.08. The zero-order chi connectivity index (χ0) is 19.2. The molecule has 3 rings (SSSR count). The van der Waals surface area contributed by atoms with Gasteiger partial charge in [-0.05, 0) is 36.2 Å². The number of aryl methyl sites for hydroxylation is 1. The number of fused-ring (bicyclic) bond motifs is 1. The lowest BCUT2D eigenvalue weighted by Crippen LogP contribution is -2.09. The minimum Gasteiger partial charge on any atom is -0.493 e. The lowest BCUT2D eigenvalue weighted by atomic mass is 10.1. The molecular weight excluding hydrogens is 350 g/mol. The number of nitrogens with one attached hydrogen (secondary N) is 1. The van der Waals surface area contributed by atoms with Gasteiger partial charge in [-0.1, -0.05) is 6.07 Å². The number of benzene rings is 1. The minimum atomic E-state index is -0.879. The Balaban J connectivity index is 1.65. The first-order chi connectivity index (χ1) is 13.1. The highest BCUT2D eigenvalue weighted by molar-refractivity contribution is 5.66. The predicted octanol–water partition coefficient (Wildman–Crippen LogP) is 1.81. The molecule has 2 aromatic heterocycles. The summed E-state index contributed by atoms with van der Waals surface area (Å²) in [6.07, 6.45) is 1.03. The van der Waals surface area contributed by atoms with Gasteiger partial charge in [0.25, 0.3) is 0 Å². The highest BCUT2D eigenvalue weighted by Gasteiger charge is 2.10. The normalized spacial score (nSPS) is 10.7. The number of aliphatic carboxylic acids is 1.